The molecule has 1 saturated heterocycles. The van der Waals surface area contributed by atoms with Crippen LogP contribution in [0.15, 0.2) is 53.3 Å². The smallest absolute Gasteiger partial charge is 0.255 e. The summed E-state index contributed by atoms with van der Waals surface area (Å²) >= 11 is 9.64. The van der Waals surface area contributed by atoms with Gasteiger partial charge in [-0.3, -0.25) is 9.78 Å². The van der Waals surface area contributed by atoms with E-state index in [2.05, 4.69) is 51.4 Å². The van der Waals surface area contributed by atoms with Crippen LogP contribution in [0.5, 0.6) is 0 Å². The molecule has 0 unspecified atom stereocenters. The average molecular weight is 459 g/mol. The molecule has 144 valence electrons. The van der Waals surface area contributed by atoms with Crippen molar-refractivity contribution in [3.63, 3.8) is 0 Å². The van der Waals surface area contributed by atoms with Crippen LogP contribution >= 0.6 is 27.5 Å². The van der Waals surface area contributed by atoms with Gasteiger partial charge in [0.1, 0.15) is 0 Å². The zero-order valence-electron chi connectivity index (χ0n) is 15.6. The second-order valence-electron chi connectivity index (χ2n) is 7.20. The largest absolute Gasteiger partial charge is 0.382 e. The van der Waals surface area contributed by atoms with Crippen molar-refractivity contribution in [1.82, 2.24) is 9.88 Å². The van der Waals surface area contributed by atoms with Gasteiger partial charge in [0.15, 0.2) is 0 Å². The van der Waals surface area contributed by atoms with Crippen molar-refractivity contribution in [1.29, 1.82) is 0 Å². The molecule has 0 bridgehead atoms. The zero-order valence-corrected chi connectivity index (χ0v) is 17.9. The maximum Gasteiger partial charge on any atom is 0.255 e. The normalized spacial score (nSPS) is 15.0. The number of pyridine rings is 1. The van der Waals surface area contributed by atoms with Crippen LogP contribution in [0.25, 0.3) is 10.8 Å². The van der Waals surface area contributed by atoms with Gasteiger partial charge in [-0.15, -0.1) is 0 Å². The minimum absolute atomic E-state index is 0.00281. The zero-order chi connectivity index (χ0) is 19.7. The molecule has 0 aliphatic carbocycles. The standard InChI is InChI=1S/C22H21BrClN3O/c1-14-12-25-13-15-3-2-4-20(21(14)15)26-17-7-9-27(10-8-17)22(28)18-6-5-16(23)11-19(18)24/h2-6,11-13,17,26H,7-10H2,1H3. The fourth-order valence-corrected chi connectivity index (χ4v) is 4.57. The summed E-state index contributed by atoms with van der Waals surface area (Å²) in [5, 5.41) is 6.53. The summed E-state index contributed by atoms with van der Waals surface area (Å²) < 4.78 is 0.873. The van der Waals surface area contributed by atoms with Gasteiger partial charge in [0.05, 0.1) is 10.6 Å². The number of halogens is 2. The van der Waals surface area contributed by atoms with Gasteiger partial charge in [0, 0.05) is 52.5 Å². The maximum absolute atomic E-state index is 12.8. The van der Waals surface area contributed by atoms with Gasteiger partial charge in [-0.05, 0) is 49.6 Å². The van der Waals surface area contributed by atoms with E-state index in [1.807, 2.05) is 23.4 Å². The molecule has 4 nitrogen and oxygen atoms in total. The second-order valence-corrected chi connectivity index (χ2v) is 8.52. The molecule has 0 spiro atoms. The molecule has 1 aromatic heterocycles. The first-order chi connectivity index (χ1) is 13.5. The SMILES string of the molecule is Cc1cncc2cccc(NC3CCN(C(=O)c4ccc(Br)cc4Cl)CC3)c12. The molecule has 1 aliphatic rings. The van der Waals surface area contributed by atoms with Crippen LogP contribution < -0.4 is 5.32 Å². The molecule has 2 heterocycles. The molecule has 4 rings (SSSR count). The third-order valence-electron chi connectivity index (χ3n) is 5.28. The predicted octanol–water partition coefficient (Wildman–Crippen LogP) is 5.68. The number of benzene rings is 2. The Labute approximate surface area is 178 Å². The number of anilines is 1. The van der Waals surface area contributed by atoms with Crippen molar-refractivity contribution < 1.29 is 4.79 Å². The summed E-state index contributed by atoms with van der Waals surface area (Å²) in [5.41, 5.74) is 2.87. The molecule has 2 aromatic carbocycles. The fourth-order valence-electron chi connectivity index (χ4n) is 3.81. The number of rotatable bonds is 3. The molecule has 28 heavy (non-hydrogen) atoms. The molecule has 1 aliphatic heterocycles. The highest BCUT2D eigenvalue weighted by Crippen LogP contribution is 2.29. The molecule has 0 atom stereocenters. The Kier molecular flexibility index (Phi) is 5.56. The second kappa shape index (κ2) is 8.10. The number of aryl methyl sites for hydroxylation is 1. The van der Waals surface area contributed by atoms with Crippen molar-refractivity contribution in [2.75, 3.05) is 18.4 Å². The van der Waals surface area contributed by atoms with Gasteiger partial charge in [-0.25, -0.2) is 0 Å². The van der Waals surface area contributed by atoms with E-state index >= 15 is 0 Å². The van der Waals surface area contributed by atoms with Crippen LogP contribution in [-0.2, 0) is 0 Å². The molecule has 1 N–H and O–H groups in total. The fraction of sp³-hybridized carbons (Fsp3) is 0.273. The third-order valence-corrected chi connectivity index (χ3v) is 6.08. The first kappa shape index (κ1) is 19.2. The van der Waals surface area contributed by atoms with Gasteiger partial charge in [0.2, 0.25) is 0 Å². The topological polar surface area (TPSA) is 45.2 Å². The Balaban J connectivity index is 1.44. The molecule has 1 amide bonds. The van der Waals surface area contributed by atoms with Crippen molar-refractivity contribution >= 4 is 49.9 Å². The number of likely N-dealkylation sites (tertiary alicyclic amines) is 1. The first-order valence-electron chi connectivity index (χ1n) is 9.37. The van der Waals surface area contributed by atoms with Crippen LogP contribution in [-0.4, -0.2) is 34.9 Å². The van der Waals surface area contributed by atoms with Gasteiger partial charge >= 0.3 is 0 Å². The number of nitrogens with zero attached hydrogens (tertiary/aromatic N) is 2. The molecular weight excluding hydrogens is 438 g/mol. The number of fused-ring (bicyclic) bond motifs is 1. The predicted molar refractivity (Wildman–Crippen MR) is 118 cm³/mol. The number of aromatic nitrogens is 1. The Bertz CT molecular complexity index is 1030. The third kappa shape index (κ3) is 3.87. The molecular formula is C22H21BrClN3O. The van der Waals surface area contributed by atoms with Gasteiger partial charge < -0.3 is 10.2 Å². The number of carbonyl (C=O) groups is 1. The van der Waals surface area contributed by atoms with Crippen molar-refractivity contribution in [3.05, 3.63) is 69.4 Å². The van der Waals surface area contributed by atoms with E-state index in [0.29, 0.717) is 29.7 Å². The first-order valence-corrected chi connectivity index (χ1v) is 10.5. The summed E-state index contributed by atoms with van der Waals surface area (Å²) in [5.74, 6) is 0.00281. The highest BCUT2D eigenvalue weighted by Gasteiger charge is 2.25. The minimum Gasteiger partial charge on any atom is -0.382 e. The van der Waals surface area contributed by atoms with E-state index in [1.165, 1.54) is 5.39 Å². The Morgan fingerprint density at radius 1 is 1.21 bits per heavy atom. The lowest BCUT2D eigenvalue weighted by molar-refractivity contribution is 0.0718. The number of hydrogen-bond acceptors (Lipinski definition) is 3. The monoisotopic (exact) mass is 457 g/mol. The maximum atomic E-state index is 12.8. The Hall–Kier alpha value is -2.11. The number of nitrogens with one attached hydrogen (secondary N) is 1. The quantitative estimate of drug-likeness (QED) is 0.549. The summed E-state index contributed by atoms with van der Waals surface area (Å²) in [4.78, 5) is 19.0. The molecule has 0 radical (unpaired) electrons. The lowest BCUT2D eigenvalue weighted by atomic mass is 10.0. The number of amides is 1. The van der Waals surface area contributed by atoms with Crippen LogP contribution in [0.3, 0.4) is 0 Å². The molecule has 6 heteroatoms. The molecule has 3 aromatic rings. The van der Waals surface area contributed by atoms with Crippen molar-refractivity contribution in [2.45, 2.75) is 25.8 Å². The van der Waals surface area contributed by atoms with E-state index in [9.17, 15) is 4.79 Å². The van der Waals surface area contributed by atoms with Crippen LogP contribution in [0, 0.1) is 6.92 Å². The highest BCUT2D eigenvalue weighted by molar-refractivity contribution is 9.10. The average Bonchev–Trinajstić information content (AvgIpc) is 2.68. The number of piperidine rings is 1. The summed E-state index contributed by atoms with van der Waals surface area (Å²) in [7, 11) is 0. The van der Waals surface area contributed by atoms with Crippen LogP contribution in [0.4, 0.5) is 5.69 Å². The summed E-state index contributed by atoms with van der Waals surface area (Å²) in [6.45, 7) is 3.52. The van der Waals surface area contributed by atoms with Crippen LogP contribution in [0.1, 0.15) is 28.8 Å². The molecule has 0 saturated carbocycles. The number of hydrogen-bond donors (Lipinski definition) is 1. The Morgan fingerprint density at radius 2 is 2.00 bits per heavy atom. The van der Waals surface area contributed by atoms with Gasteiger partial charge in [-0.2, -0.15) is 0 Å². The summed E-state index contributed by atoms with van der Waals surface area (Å²) in [6, 6.07) is 12.0. The van der Waals surface area contributed by atoms with Gasteiger partial charge in [-0.1, -0.05) is 39.7 Å². The van der Waals surface area contributed by atoms with Crippen LogP contribution in [0.2, 0.25) is 5.02 Å². The summed E-state index contributed by atoms with van der Waals surface area (Å²) in [6.07, 6.45) is 5.61. The van der Waals surface area contributed by atoms with Crippen molar-refractivity contribution in [3.8, 4) is 0 Å². The van der Waals surface area contributed by atoms with E-state index in [0.717, 1.165) is 34.0 Å². The minimum atomic E-state index is 0.00281. The van der Waals surface area contributed by atoms with E-state index in [-0.39, 0.29) is 5.91 Å². The molecule has 1 fully saturated rings. The Morgan fingerprint density at radius 3 is 2.75 bits per heavy atom. The van der Waals surface area contributed by atoms with Crippen molar-refractivity contribution in [2.24, 2.45) is 0 Å². The lowest BCUT2D eigenvalue weighted by Gasteiger charge is -2.33. The van der Waals surface area contributed by atoms with E-state index < -0.39 is 0 Å². The highest BCUT2D eigenvalue weighted by atomic mass is 79.9. The number of carbonyl (C=O) groups excluding carboxylic acids is 1. The van der Waals surface area contributed by atoms with E-state index in [4.69, 9.17) is 11.6 Å². The lowest BCUT2D eigenvalue weighted by Crippen LogP contribution is -2.42. The van der Waals surface area contributed by atoms with E-state index in [1.54, 1.807) is 12.1 Å². The van der Waals surface area contributed by atoms with Gasteiger partial charge in [0.25, 0.3) is 5.91 Å².